The van der Waals surface area contributed by atoms with Gasteiger partial charge >= 0.3 is 0 Å². The molecule has 0 bridgehead atoms. The van der Waals surface area contributed by atoms with Crippen LogP contribution in [0.2, 0.25) is 5.02 Å². The number of rotatable bonds is 9. The maximum atomic E-state index is 13.3. The van der Waals surface area contributed by atoms with E-state index < -0.39 is 5.82 Å². The van der Waals surface area contributed by atoms with Crippen LogP contribution in [0.15, 0.2) is 70.2 Å². The number of hydrogen-bond acceptors (Lipinski definition) is 6. The van der Waals surface area contributed by atoms with Crippen molar-refractivity contribution in [3.63, 3.8) is 0 Å². The third-order valence-corrected chi connectivity index (χ3v) is 5.63. The Labute approximate surface area is 194 Å². The van der Waals surface area contributed by atoms with Gasteiger partial charge in [-0.2, -0.15) is 4.68 Å². The van der Waals surface area contributed by atoms with Crippen LogP contribution in [-0.4, -0.2) is 32.5 Å². The van der Waals surface area contributed by atoms with Crippen LogP contribution in [0.5, 0.6) is 0 Å². The van der Waals surface area contributed by atoms with E-state index in [2.05, 4.69) is 20.8 Å². The lowest BCUT2D eigenvalue weighted by Gasteiger charge is -2.05. The molecule has 0 atom stereocenters. The number of nitrogens with one attached hydrogen (secondary N) is 1. The zero-order valence-corrected chi connectivity index (χ0v) is 18.7. The number of aromatic nitrogens is 4. The SMILES string of the molecule is Fc1ccc(-c2ccc(CNCCCSc3nnnn3-c3ccccc3)o2)cc1Cl.[Cl-]. The van der Waals surface area contributed by atoms with Gasteiger partial charge in [0.05, 0.1) is 17.3 Å². The third-order valence-electron chi connectivity index (χ3n) is 4.34. The van der Waals surface area contributed by atoms with Crippen LogP contribution in [0, 0.1) is 5.82 Å². The number of para-hydroxylation sites is 1. The molecule has 2 heterocycles. The van der Waals surface area contributed by atoms with Crippen molar-refractivity contribution in [3.05, 3.63) is 77.3 Å². The van der Waals surface area contributed by atoms with Crippen LogP contribution in [-0.2, 0) is 6.54 Å². The number of nitrogens with zero attached hydrogens (tertiary/aromatic N) is 4. The van der Waals surface area contributed by atoms with Crippen LogP contribution in [0.1, 0.15) is 12.2 Å². The molecule has 0 fully saturated rings. The van der Waals surface area contributed by atoms with E-state index in [-0.39, 0.29) is 17.4 Å². The van der Waals surface area contributed by atoms with E-state index in [4.69, 9.17) is 16.0 Å². The first-order valence-electron chi connectivity index (χ1n) is 9.42. The van der Waals surface area contributed by atoms with Gasteiger partial charge in [-0.25, -0.2) is 4.39 Å². The molecule has 1 N–H and O–H groups in total. The van der Waals surface area contributed by atoms with Gasteiger partial charge in [-0.15, -0.1) is 5.10 Å². The Morgan fingerprint density at radius 2 is 1.94 bits per heavy atom. The van der Waals surface area contributed by atoms with Gasteiger partial charge in [0.1, 0.15) is 17.3 Å². The normalized spacial score (nSPS) is 10.8. The fourth-order valence-electron chi connectivity index (χ4n) is 2.85. The number of hydrogen-bond donors (Lipinski definition) is 1. The van der Waals surface area contributed by atoms with E-state index in [0.29, 0.717) is 12.3 Å². The summed E-state index contributed by atoms with van der Waals surface area (Å²) in [6.45, 7) is 1.44. The summed E-state index contributed by atoms with van der Waals surface area (Å²) in [6.07, 6.45) is 0.952. The molecule has 0 aliphatic carbocycles. The average Bonchev–Trinajstić information content (AvgIpc) is 3.43. The molecule has 0 aliphatic heterocycles. The molecule has 4 rings (SSSR count). The first-order chi connectivity index (χ1) is 14.7. The summed E-state index contributed by atoms with van der Waals surface area (Å²) in [5.74, 6) is 1.92. The lowest BCUT2D eigenvalue weighted by molar-refractivity contribution is -0.00000717. The van der Waals surface area contributed by atoms with E-state index in [0.717, 1.165) is 40.9 Å². The standard InChI is InChI=1S/C21H19ClFN5OS.ClH/c22-18-13-15(7-9-19(18)23)20-10-8-17(29-20)14-24-11-4-12-30-21-25-26-27-28(21)16-5-2-1-3-6-16;/h1-3,5-10,13,24H,4,11-12,14H2;1H/p-1. The van der Waals surface area contributed by atoms with Gasteiger partial charge < -0.3 is 22.1 Å². The molecule has 4 aromatic rings. The predicted octanol–water partition coefficient (Wildman–Crippen LogP) is 1.99. The van der Waals surface area contributed by atoms with E-state index in [1.54, 1.807) is 28.6 Å². The zero-order valence-electron chi connectivity index (χ0n) is 16.3. The summed E-state index contributed by atoms with van der Waals surface area (Å²) >= 11 is 7.46. The highest BCUT2D eigenvalue weighted by atomic mass is 35.5. The Bertz CT molecular complexity index is 1110. The molecule has 6 nitrogen and oxygen atoms in total. The first kappa shape index (κ1) is 23.3. The first-order valence-corrected chi connectivity index (χ1v) is 10.8. The number of thioether (sulfide) groups is 1. The maximum Gasteiger partial charge on any atom is 0.214 e. The predicted molar refractivity (Wildman–Crippen MR) is 115 cm³/mol. The van der Waals surface area contributed by atoms with E-state index in [1.165, 1.54) is 6.07 Å². The second-order valence-corrected chi connectivity index (χ2v) is 7.95. The molecule has 162 valence electrons. The van der Waals surface area contributed by atoms with Gasteiger partial charge in [0, 0.05) is 11.3 Å². The highest BCUT2D eigenvalue weighted by Gasteiger charge is 2.09. The van der Waals surface area contributed by atoms with E-state index >= 15 is 0 Å². The Balaban J connectivity index is 0.00000272. The van der Waals surface area contributed by atoms with E-state index in [1.807, 2.05) is 42.5 Å². The van der Waals surface area contributed by atoms with Crippen LogP contribution >= 0.6 is 23.4 Å². The highest BCUT2D eigenvalue weighted by molar-refractivity contribution is 7.99. The van der Waals surface area contributed by atoms with Crippen LogP contribution in [0.4, 0.5) is 4.39 Å². The lowest BCUT2D eigenvalue weighted by atomic mass is 10.2. The average molecular weight is 479 g/mol. The van der Waals surface area contributed by atoms with Gasteiger partial charge in [-0.3, -0.25) is 0 Å². The van der Waals surface area contributed by atoms with Gasteiger partial charge in [-0.05, 0) is 65.9 Å². The van der Waals surface area contributed by atoms with Crippen molar-refractivity contribution in [1.29, 1.82) is 0 Å². The van der Waals surface area contributed by atoms with Gasteiger partial charge in [0.15, 0.2) is 0 Å². The van der Waals surface area contributed by atoms with Crippen molar-refractivity contribution < 1.29 is 21.2 Å². The molecule has 0 aliphatic rings. The van der Waals surface area contributed by atoms with Crippen molar-refractivity contribution in [2.24, 2.45) is 0 Å². The molecule has 0 saturated heterocycles. The second-order valence-electron chi connectivity index (χ2n) is 6.48. The number of furan rings is 1. The van der Waals surface area contributed by atoms with E-state index in [9.17, 15) is 4.39 Å². The summed E-state index contributed by atoms with van der Waals surface area (Å²) in [5.41, 5.74) is 1.69. The molecular weight excluding hydrogens is 460 g/mol. The van der Waals surface area contributed by atoms with Crippen molar-refractivity contribution in [3.8, 4) is 17.0 Å². The number of halogens is 3. The summed E-state index contributed by atoms with van der Waals surface area (Å²) < 4.78 is 20.9. The molecule has 10 heteroatoms. The van der Waals surface area contributed by atoms with Gasteiger partial charge in [0.2, 0.25) is 5.16 Å². The van der Waals surface area contributed by atoms with Crippen LogP contribution in [0.25, 0.3) is 17.0 Å². The Morgan fingerprint density at radius 1 is 1.10 bits per heavy atom. The Hall–Kier alpha value is -2.39. The fourth-order valence-corrected chi connectivity index (χ4v) is 3.86. The van der Waals surface area contributed by atoms with Crippen molar-refractivity contribution in [2.45, 2.75) is 18.1 Å². The van der Waals surface area contributed by atoms with Gasteiger partial charge in [-0.1, -0.05) is 41.6 Å². The largest absolute Gasteiger partial charge is 1.00 e. The molecule has 0 amide bonds. The van der Waals surface area contributed by atoms with Crippen LogP contribution < -0.4 is 17.7 Å². The number of benzene rings is 2. The molecule has 2 aromatic carbocycles. The summed E-state index contributed by atoms with van der Waals surface area (Å²) in [4.78, 5) is 0. The van der Waals surface area contributed by atoms with Crippen molar-refractivity contribution >= 4 is 23.4 Å². The summed E-state index contributed by atoms with van der Waals surface area (Å²) in [6, 6.07) is 18.1. The minimum atomic E-state index is -0.440. The zero-order chi connectivity index (χ0) is 20.8. The minimum absolute atomic E-state index is 0. The monoisotopic (exact) mass is 478 g/mol. The second kappa shape index (κ2) is 11.3. The lowest BCUT2D eigenvalue weighted by Crippen LogP contribution is -3.00. The smallest absolute Gasteiger partial charge is 0.214 e. The molecule has 31 heavy (non-hydrogen) atoms. The van der Waals surface area contributed by atoms with Crippen molar-refractivity contribution in [1.82, 2.24) is 25.5 Å². The van der Waals surface area contributed by atoms with Gasteiger partial charge in [0.25, 0.3) is 0 Å². The molecule has 2 aromatic heterocycles. The quantitative estimate of drug-likeness (QED) is 0.293. The minimum Gasteiger partial charge on any atom is -1.00 e. The Kier molecular flexibility index (Phi) is 8.48. The molecule has 0 unspecified atom stereocenters. The fraction of sp³-hybridized carbons (Fsp3) is 0.190. The summed E-state index contributed by atoms with van der Waals surface area (Å²) in [5, 5.41) is 16.1. The number of tetrazole rings is 1. The topological polar surface area (TPSA) is 68.8 Å². The Morgan fingerprint density at radius 3 is 2.74 bits per heavy atom. The molecular formula is C21H19Cl2FN5OS-. The van der Waals surface area contributed by atoms with Crippen LogP contribution in [0.3, 0.4) is 0 Å². The van der Waals surface area contributed by atoms with Crippen molar-refractivity contribution in [2.75, 3.05) is 12.3 Å². The highest BCUT2D eigenvalue weighted by Crippen LogP contribution is 2.26. The molecule has 0 saturated carbocycles. The summed E-state index contributed by atoms with van der Waals surface area (Å²) in [7, 11) is 0. The molecule has 0 radical (unpaired) electrons. The molecule has 0 spiro atoms. The third kappa shape index (κ3) is 6.07. The maximum absolute atomic E-state index is 13.3.